The average Bonchev–Trinajstić information content (AvgIpc) is 2.42. The van der Waals surface area contributed by atoms with Crippen LogP contribution in [0, 0.1) is 5.92 Å². The van der Waals surface area contributed by atoms with Crippen molar-refractivity contribution in [2.45, 2.75) is 19.4 Å². The van der Waals surface area contributed by atoms with Crippen LogP contribution in [0.15, 0.2) is 0 Å². The lowest BCUT2D eigenvalue weighted by atomic mass is 10.5. The molecule has 2 heteroatoms. The van der Waals surface area contributed by atoms with Crippen molar-refractivity contribution < 1.29 is 0 Å². The molecule has 2 nitrogen and oxygen atoms in total. The maximum Gasteiger partial charge on any atom is 0.00969 e. The largest absolute Gasteiger partial charge is 0.329 e. The first-order valence-electron chi connectivity index (χ1n) is 3.28. The fraction of sp³-hybridized carbons (Fsp3) is 1.00. The Hall–Kier alpha value is -0.0800. The van der Waals surface area contributed by atoms with Crippen LogP contribution in [0.4, 0.5) is 0 Å². The summed E-state index contributed by atoms with van der Waals surface area (Å²) in [6, 6.07) is 0.790. The van der Waals surface area contributed by atoms with Gasteiger partial charge in [-0.05, 0) is 12.3 Å². The molecule has 1 aliphatic rings. The summed E-state index contributed by atoms with van der Waals surface area (Å²) in [4.78, 5) is 0. The topological polar surface area (TPSA) is 38.0 Å². The van der Waals surface area contributed by atoms with Gasteiger partial charge in [-0.25, -0.2) is 0 Å². The second-order valence-electron chi connectivity index (χ2n) is 2.56. The molecule has 1 saturated carbocycles. The van der Waals surface area contributed by atoms with Gasteiger partial charge in [-0.3, -0.25) is 0 Å². The summed E-state index contributed by atoms with van der Waals surface area (Å²) in [5.41, 5.74) is 5.29. The van der Waals surface area contributed by atoms with E-state index in [-0.39, 0.29) is 0 Å². The van der Waals surface area contributed by atoms with Crippen molar-refractivity contribution in [3.8, 4) is 0 Å². The average molecular weight is 114 g/mol. The molecule has 0 heterocycles. The van der Waals surface area contributed by atoms with Gasteiger partial charge in [0.1, 0.15) is 0 Å². The first kappa shape index (κ1) is 6.05. The van der Waals surface area contributed by atoms with Crippen molar-refractivity contribution in [3.05, 3.63) is 0 Å². The summed E-state index contributed by atoms with van der Waals surface area (Å²) in [7, 11) is 0. The van der Waals surface area contributed by atoms with E-state index >= 15 is 0 Å². The Kier molecular flexibility index (Phi) is 1.86. The van der Waals surface area contributed by atoms with Crippen molar-refractivity contribution in [2.24, 2.45) is 11.7 Å². The highest BCUT2D eigenvalue weighted by atomic mass is 15.0. The molecule has 3 N–H and O–H groups in total. The zero-order chi connectivity index (χ0) is 5.98. The fourth-order valence-corrected chi connectivity index (χ4v) is 0.875. The molecule has 0 aromatic heterocycles. The number of nitrogens with one attached hydrogen (secondary N) is 1. The maximum absolute atomic E-state index is 5.29. The van der Waals surface area contributed by atoms with E-state index in [9.17, 15) is 0 Å². The molecule has 2 unspecified atom stereocenters. The molecule has 0 aromatic carbocycles. The Morgan fingerprint density at radius 2 is 2.38 bits per heavy atom. The first-order valence-corrected chi connectivity index (χ1v) is 3.28. The highest BCUT2D eigenvalue weighted by molar-refractivity contribution is 4.89. The predicted molar refractivity (Wildman–Crippen MR) is 34.6 cm³/mol. The van der Waals surface area contributed by atoms with Crippen molar-refractivity contribution in [3.63, 3.8) is 0 Å². The molecule has 0 spiro atoms. The summed E-state index contributed by atoms with van der Waals surface area (Å²) in [6.45, 7) is 4.01. The monoisotopic (exact) mass is 114 g/mol. The molecule has 0 aromatic rings. The lowest BCUT2D eigenvalue weighted by molar-refractivity contribution is 0.657. The normalized spacial score (nSPS) is 35.2. The minimum Gasteiger partial charge on any atom is -0.329 e. The van der Waals surface area contributed by atoms with Crippen LogP contribution in [-0.4, -0.2) is 19.1 Å². The summed E-state index contributed by atoms with van der Waals surface area (Å²) in [5, 5.41) is 3.33. The Balaban J connectivity index is 1.89. The molecular weight excluding hydrogens is 100 g/mol. The summed E-state index contributed by atoms with van der Waals surface area (Å²) >= 11 is 0. The Bertz CT molecular complexity index is 72.9. The minimum absolute atomic E-state index is 0.767. The third-order valence-electron chi connectivity index (χ3n) is 1.66. The molecule has 1 fully saturated rings. The molecule has 1 aliphatic carbocycles. The molecule has 0 bridgehead atoms. The van der Waals surface area contributed by atoms with Gasteiger partial charge >= 0.3 is 0 Å². The van der Waals surface area contributed by atoms with Crippen molar-refractivity contribution in [1.82, 2.24) is 5.32 Å². The van der Waals surface area contributed by atoms with Crippen LogP contribution in [0.5, 0.6) is 0 Å². The molecule has 1 rings (SSSR count). The van der Waals surface area contributed by atoms with Gasteiger partial charge in [-0.15, -0.1) is 0 Å². The van der Waals surface area contributed by atoms with Crippen LogP contribution in [-0.2, 0) is 0 Å². The number of nitrogens with two attached hydrogens (primary N) is 1. The van der Waals surface area contributed by atoms with E-state index in [1.54, 1.807) is 0 Å². The van der Waals surface area contributed by atoms with Gasteiger partial charge in [0, 0.05) is 19.1 Å². The highest BCUT2D eigenvalue weighted by Gasteiger charge is 2.31. The van der Waals surface area contributed by atoms with Crippen LogP contribution < -0.4 is 11.1 Å². The second kappa shape index (κ2) is 2.46. The van der Waals surface area contributed by atoms with Crippen LogP contribution in [0.2, 0.25) is 0 Å². The van der Waals surface area contributed by atoms with Crippen molar-refractivity contribution in [2.75, 3.05) is 13.1 Å². The van der Waals surface area contributed by atoms with E-state index in [1.807, 2.05) is 0 Å². The Morgan fingerprint density at radius 1 is 1.75 bits per heavy atom. The standard InChI is InChI=1S/C6H14N2/c1-5-4-6(5)8-3-2-7/h5-6,8H,2-4,7H2,1H3. The van der Waals surface area contributed by atoms with E-state index in [1.165, 1.54) is 6.42 Å². The quantitative estimate of drug-likeness (QED) is 0.539. The van der Waals surface area contributed by atoms with E-state index < -0.39 is 0 Å². The zero-order valence-corrected chi connectivity index (χ0v) is 5.35. The molecule has 0 radical (unpaired) electrons. The van der Waals surface area contributed by atoms with E-state index in [0.29, 0.717) is 0 Å². The van der Waals surface area contributed by atoms with Gasteiger partial charge in [0.25, 0.3) is 0 Å². The van der Waals surface area contributed by atoms with E-state index in [4.69, 9.17) is 5.73 Å². The second-order valence-corrected chi connectivity index (χ2v) is 2.56. The maximum atomic E-state index is 5.29. The number of hydrogen-bond donors (Lipinski definition) is 2. The molecule has 2 atom stereocenters. The van der Waals surface area contributed by atoms with Crippen LogP contribution in [0.3, 0.4) is 0 Å². The molecule has 8 heavy (non-hydrogen) atoms. The molecule has 0 aliphatic heterocycles. The molecule has 0 amide bonds. The van der Waals surface area contributed by atoms with Gasteiger partial charge in [0.05, 0.1) is 0 Å². The van der Waals surface area contributed by atoms with Gasteiger partial charge in [0.15, 0.2) is 0 Å². The number of rotatable bonds is 3. The third-order valence-corrected chi connectivity index (χ3v) is 1.66. The molecule has 48 valence electrons. The van der Waals surface area contributed by atoms with Crippen molar-refractivity contribution >= 4 is 0 Å². The SMILES string of the molecule is CC1CC1NCCN. The minimum atomic E-state index is 0.767. The van der Waals surface area contributed by atoms with Crippen molar-refractivity contribution in [1.29, 1.82) is 0 Å². The lowest BCUT2D eigenvalue weighted by Crippen LogP contribution is -2.25. The lowest BCUT2D eigenvalue weighted by Gasteiger charge is -1.96. The number of hydrogen-bond acceptors (Lipinski definition) is 2. The highest BCUT2D eigenvalue weighted by Crippen LogP contribution is 2.28. The van der Waals surface area contributed by atoms with Gasteiger partial charge < -0.3 is 11.1 Å². The predicted octanol–water partition coefficient (Wildman–Crippen LogP) is -0.0569. The Morgan fingerprint density at radius 3 is 2.75 bits per heavy atom. The molecular formula is C6H14N2. The fourth-order valence-electron chi connectivity index (χ4n) is 0.875. The first-order chi connectivity index (χ1) is 3.84. The van der Waals surface area contributed by atoms with E-state index in [2.05, 4.69) is 12.2 Å². The van der Waals surface area contributed by atoms with Gasteiger partial charge in [0.2, 0.25) is 0 Å². The van der Waals surface area contributed by atoms with Gasteiger partial charge in [-0.1, -0.05) is 6.92 Å². The van der Waals surface area contributed by atoms with E-state index in [0.717, 1.165) is 25.0 Å². The summed E-state index contributed by atoms with van der Waals surface area (Å²) < 4.78 is 0. The smallest absolute Gasteiger partial charge is 0.00969 e. The third kappa shape index (κ3) is 1.46. The van der Waals surface area contributed by atoms with Crippen LogP contribution in [0.1, 0.15) is 13.3 Å². The molecule has 0 saturated heterocycles. The van der Waals surface area contributed by atoms with Crippen LogP contribution in [0.25, 0.3) is 0 Å². The Labute approximate surface area is 50.4 Å². The summed E-state index contributed by atoms with van der Waals surface area (Å²) in [6.07, 6.45) is 1.35. The van der Waals surface area contributed by atoms with Crippen LogP contribution >= 0.6 is 0 Å². The zero-order valence-electron chi connectivity index (χ0n) is 5.35. The van der Waals surface area contributed by atoms with Gasteiger partial charge in [-0.2, -0.15) is 0 Å². The summed E-state index contributed by atoms with van der Waals surface area (Å²) in [5.74, 6) is 0.904.